The summed E-state index contributed by atoms with van der Waals surface area (Å²) in [7, 11) is 3.04. The van der Waals surface area contributed by atoms with E-state index in [4.69, 9.17) is 9.47 Å². The molecule has 1 aromatic carbocycles. The number of rotatable bonds is 6. The van der Waals surface area contributed by atoms with Crippen molar-refractivity contribution < 1.29 is 22.6 Å². The van der Waals surface area contributed by atoms with E-state index in [9.17, 15) is 13.2 Å². The maximum absolute atomic E-state index is 12.2. The van der Waals surface area contributed by atoms with Gasteiger partial charge in [-0.05, 0) is 24.6 Å². The zero-order valence-electron chi connectivity index (χ0n) is 11.2. The molecule has 3 nitrogen and oxygen atoms in total. The van der Waals surface area contributed by atoms with E-state index in [0.717, 1.165) is 5.56 Å². The summed E-state index contributed by atoms with van der Waals surface area (Å²) in [6.07, 6.45) is -5.00. The third-order valence-corrected chi connectivity index (χ3v) is 2.64. The summed E-state index contributed by atoms with van der Waals surface area (Å²) in [6, 6.07) is 4.62. The Labute approximate surface area is 110 Å². The summed E-state index contributed by atoms with van der Waals surface area (Å²) in [4.78, 5) is 0. The van der Waals surface area contributed by atoms with Gasteiger partial charge >= 0.3 is 6.18 Å². The molecule has 1 atom stereocenters. The summed E-state index contributed by atoms with van der Waals surface area (Å²) in [5.41, 5.74) is 0.840. The number of ether oxygens (including phenoxy) is 2. The smallest absolute Gasteiger partial charge is 0.390 e. The van der Waals surface area contributed by atoms with E-state index >= 15 is 0 Å². The molecule has 0 fully saturated rings. The maximum Gasteiger partial charge on any atom is 0.390 e. The van der Waals surface area contributed by atoms with Crippen LogP contribution in [0.15, 0.2) is 18.2 Å². The lowest BCUT2D eigenvalue weighted by molar-refractivity contribution is -0.139. The predicted octanol–water partition coefficient (Wildman–Crippen LogP) is 3.13. The Morgan fingerprint density at radius 1 is 1.16 bits per heavy atom. The molecular weight excluding hydrogens is 259 g/mol. The first-order chi connectivity index (χ1) is 8.85. The summed E-state index contributed by atoms with van der Waals surface area (Å²) in [6.45, 7) is 1.85. The van der Waals surface area contributed by atoms with Crippen LogP contribution in [-0.4, -0.2) is 26.4 Å². The fraction of sp³-hybridized carbons (Fsp3) is 0.538. The minimum Gasteiger partial charge on any atom is -0.493 e. The molecule has 0 amide bonds. The molecule has 6 heteroatoms. The molecule has 0 heterocycles. The van der Waals surface area contributed by atoms with Crippen molar-refractivity contribution in [2.24, 2.45) is 0 Å². The van der Waals surface area contributed by atoms with Crippen LogP contribution in [-0.2, 0) is 6.54 Å². The predicted molar refractivity (Wildman–Crippen MR) is 66.5 cm³/mol. The highest BCUT2D eigenvalue weighted by molar-refractivity contribution is 5.42. The Bertz CT molecular complexity index is 407. The minimum atomic E-state index is -4.15. The van der Waals surface area contributed by atoms with Gasteiger partial charge in [0, 0.05) is 12.6 Å². The van der Waals surface area contributed by atoms with Crippen molar-refractivity contribution in [1.29, 1.82) is 0 Å². The largest absolute Gasteiger partial charge is 0.493 e. The second-order valence-corrected chi connectivity index (χ2v) is 4.29. The molecule has 0 aliphatic carbocycles. The van der Waals surface area contributed by atoms with E-state index in [-0.39, 0.29) is 0 Å². The highest BCUT2D eigenvalue weighted by Crippen LogP contribution is 2.27. The van der Waals surface area contributed by atoms with Gasteiger partial charge in [-0.1, -0.05) is 6.07 Å². The van der Waals surface area contributed by atoms with E-state index < -0.39 is 18.6 Å². The first-order valence-electron chi connectivity index (χ1n) is 5.86. The fourth-order valence-corrected chi connectivity index (χ4v) is 1.70. The summed E-state index contributed by atoms with van der Waals surface area (Å²) in [5.74, 6) is 1.15. The van der Waals surface area contributed by atoms with E-state index in [2.05, 4.69) is 5.32 Å². The van der Waals surface area contributed by atoms with Gasteiger partial charge in [-0.25, -0.2) is 0 Å². The monoisotopic (exact) mass is 277 g/mol. The van der Waals surface area contributed by atoms with Gasteiger partial charge in [0.1, 0.15) is 0 Å². The van der Waals surface area contributed by atoms with Crippen LogP contribution in [0.2, 0.25) is 0 Å². The SMILES string of the molecule is COc1ccc(CNC(C)CC(F)(F)F)cc1OC. The van der Waals surface area contributed by atoms with Gasteiger partial charge in [-0.15, -0.1) is 0 Å². The van der Waals surface area contributed by atoms with Gasteiger partial charge in [0.05, 0.1) is 20.6 Å². The van der Waals surface area contributed by atoms with Crippen LogP contribution in [0.4, 0.5) is 13.2 Å². The zero-order valence-corrected chi connectivity index (χ0v) is 11.2. The minimum absolute atomic E-state index is 0.345. The van der Waals surface area contributed by atoms with Crippen LogP contribution in [0.3, 0.4) is 0 Å². The Hall–Kier alpha value is -1.43. The van der Waals surface area contributed by atoms with Gasteiger partial charge in [0.2, 0.25) is 0 Å². The van der Waals surface area contributed by atoms with Crippen molar-refractivity contribution in [3.63, 3.8) is 0 Å². The van der Waals surface area contributed by atoms with E-state index in [1.807, 2.05) is 0 Å². The lowest BCUT2D eigenvalue weighted by Crippen LogP contribution is -2.30. The zero-order chi connectivity index (χ0) is 14.5. The van der Waals surface area contributed by atoms with Crippen molar-refractivity contribution in [2.75, 3.05) is 14.2 Å². The van der Waals surface area contributed by atoms with E-state index in [0.29, 0.717) is 18.0 Å². The number of alkyl halides is 3. The van der Waals surface area contributed by atoms with Crippen LogP contribution < -0.4 is 14.8 Å². The van der Waals surface area contributed by atoms with Crippen molar-refractivity contribution >= 4 is 0 Å². The van der Waals surface area contributed by atoms with Crippen molar-refractivity contribution in [1.82, 2.24) is 5.32 Å². The van der Waals surface area contributed by atoms with Gasteiger partial charge in [0.25, 0.3) is 0 Å². The topological polar surface area (TPSA) is 30.5 Å². The molecule has 0 saturated carbocycles. The van der Waals surface area contributed by atoms with E-state index in [1.165, 1.54) is 21.1 Å². The fourth-order valence-electron chi connectivity index (χ4n) is 1.70. The summed E-state index contributed by atoms with van der Waals surface area (Å²) >= 11 is 0. The molecule has 0 aliphatic rings. The van der Waals surface area contributed by atoms with Crippen LogP contribution in [0.25, 0.3) is 0 Å². The second-order valence-electron chi connectivity index (χ2n) is 4.29. The molecule has 19 heavy (non-hydrogen) atoms. The first kappa shape index (κ1) is 15.6. The molecule has 0 spiro atoms. The highest BCUT2D eigenvalue weighted by atomic mass is 19.4. The number of nitrogens with one attached hydrogen (secondary N) is 1. The van der Waals surface area contributed by atoms with Gasteiger partial charge in [-0.2, -0.15) is 13.2 Å². The summed E-state index contributed by atoms with van der Waals surface area (Å²) < 4.78 is 46.7. The van der Waals surface area contributed by atoms with Crippen LogP contribution in [0, 0.1) is 0 Å². The third-order valence-electron chi connectivity index (χ3n) is 2.64. The molecule has 108 valence electrons. The van der Waals surface area contributed by atoms with Gasteiger partial charge in [-0.3, -0.25) is 0 Å². The lowest BCUT2D eigenvalue weighted by atomic mass is 10.1. The molecule has 0 bridgehead atoms. The maximum atomic E-state index is 12.2. The molecular formula is C13H18F3NO2. The van der Waals surface area contributed by atoms with Crippen molar-refractivity contribution in [2.45, 2.75) is 32.1 Å². The lowest BCUT2D eigenvalue weighted by Gasteiger charge is -2.16. The highest BCUT2D eigenvalue weighted by Gasteiger charge is 2.29. The Morgan fingerprint density at radius 3 is 2.32 bits per heavy atom. The van der Waals surface area contributed by atoms with Gasteiger partial charge in [0.15, 0.2) is 11.5 Å². The van der Waals surface area contributed by atoms with E-state index in [1.54, 1.807) is 18.2 Å². The van der Waals surface area contributed by atoms with Crippen LogP contribution in [0.1, 0.15) is 18.9 Å². The molecule has 0 saturated heterocycles. The number of methoxy groups -OCH3 is 2. The molecule has 1 aromatic rings. The average molecular weight is 277 g/mol. The van der Waals surface area contributed by atoms with Crippen molar-refractivity contribution in [3.05, 3.63) is 23.8 Å². The van der Waals surface area contributed by atoms with Crippen molar-refractivity contribution in [3.8, 4) is 11.5 Å². The number of benzene rings is 1. The quantitative estimate of drug-likeness (QED) is 0.866. The normalized spacial score (nSPS) is 13.2. The third kappa shape index (κ3) is 5.38. The second kappa shape index (κ2) is 6.65. The average Bonchev–Trinajstić information content (AvgIpc) is 2.33. The van der Waals surface area contributed by atoms with Gasteiger partial charge < -0.3 is 14.8 Å². The Balaban J connectivity index is 2.58. The molecule has 1 rings (SSSR count). The molecule has 0 aliphatic heterocycles. The number of hydrogen-bond acceptors (Lipinski definition) is 3. The van der Waals surface area contributed by atoms with Crippen LogP contribution >= 0.6 is 0 Å². The Morgan fingerprint density at radius 2 is 1.79 bits per heavy atom. The molecule has 1 unspecified atom stereocenters. The molecule has 0 aromatic heterocycles. The molecule has 1 N–H and O–H groups in total. The summed E-state index contributed by atoms with van der Waals surface area (Å²) in [5, 5.41) is 2.83. The van der Waals surface area contributed by atoms with Crippen LogP contribution in [0.5, 0.6) is 11.5 Å². The number of halogens is 3. The Kier molecular flexibility index (Phi) is 5.47. The first-order valence-corrected chi connectivity index (χ1v) is 5.86. The number of hydrogen-bond donors (Lipinski definition) is 1. The molecule has 0 radical (unpaired) electrons. The standard InChI is InChI=1S/C13H18F3NO2/c1-9(7-13(14,15)16)17-8-10-4-5-11(18-2)12(6-10)19-3/h4-6,9,17H,7-8H2,1-3H3.